The van der Waals surface area contributed by atoms with Gasteiger partial charge in [0, 0.05) is 12.4 Å². The van der Waals surface area contributed by atoms with Crippen molar-refractivity contribution in [1.82, 2.24) is 9.78 Å². The van der Waals surface area contributed by atoms with Gasteiger partial charge in [0.1, 0.15) is 0 Å². The molecule has 2 heteroatoms. The maximum Gasteiger partial charge on any atom is 0.0519 e. The van der Waals surface area contributed by atoms with Crippen LogP contribution >= 0.6 is 0 Å². The van der Waals surface area contributed by atoms with Crippen molar-refractivity contribution in [3.05, 3.63) is 18.5 Å². The van der Waals surface area contributed by atoms with Crippen LogP contribution < -0.4 is 0 Å². The van der Waals surface area contributed by atoms with Crippen molar-refractivity contribution < 1.29 is 0 Å². The molecule has 0 radical (unpaired) electrons. The van der Waals surface area contributed by atoms with Gasteiger partial charge in [0.2, 0.25) is 0 Å². The Hall–Kier alpha value is -0.790. The van der Waals surface area contributed by atoms with Crippen molar-refractivity contribution in [2.45, 2.75) is 45.6 Å². The van der Waals surface area contributed by atoms with E-state index in [-0.39, 0.29) is 0 Å². The average molecular weight is 192 g/mol. The lowest BCUT2D eigenvalue weighted by Gasteiger charge is -2.30. The molecule has 0 saturated heterocycles. The highest BCUT2D eigenvalue weighted by atomic mass is 15.3. The summed E-state index contributed by atoms with van der Waals surface area (Å²) in [5.41, 5.74) is 0. The van der Waals surface area contributed by atoms with Crippen LogP contribution in [-0.4, -0.2) is 9.78 Å². The summed E-state index contributed by atoms with van der Waals surface area (Å²) in [4.78, 5) is 0. The molecule has 0 bridgehead atoms. The van der Waals surface area contributed by atoms with E-state index >= 15 is 0 Å². The van der Waals surface area contributed by atoms with Gasteiger partial charge in [0.15, 0.2) is 0 Å². The first-order valence-electron chi connectivity index (χ1n) is 5.76. The molecule has 0 spiro atoms. The maximum atomic E-state index is 4.33. The quantitative estimate of drug-likeness (QED) is 0.703. The topological polar surface area (TPSA) is 17.8 Å². The molecule has 1 aliphatic rings. The van der Waals surface area contributed by atoms with E-state index in [2.05, 4.69) is 29.8 Å². The van der Waals surface area contributed by atoms with E-state index in [1.165, 1.54) is 25.7 Å². The molecular formula is C12H20N2. The molecule has 0 amide bonds. The molecule has 1 aliphatic carbocycles. The fourth-order valence-corrected chi connectivity index (χ4v) is 2.53. The molecule has 0 unspecified atom stereocenters. The number of rotatable bonds is 2. The Kier molecular flexibility index (Phi) is 2.90. The van der Waals surface area contributed by atoms with Crippen molar-refractivity contribution in [2.24, 2.45) is 11.8 Å². The van der Waals surface area contributed by atoms with Gasteiger partial charge in [-0.3, -0.25) is 4.68 Å². The zero-order valence-electron chi connectivity index (χ0n) is 9.19. The van der Waals surface area contributed by atoms with Crippen LogP contribution in [0.1, 0.15) is 45.6 Å². The van der Waals surface area contributed by atoms with Gasteiger partial charge in [0.05, 0.1) is 6.04 Å². The lowest BCUT2D eigenvalue weighted by atomic mass is 9.80. The monoisotopic (exact) mass is 192 g/mol. The summed E-state index contributed by atoms with van der Waals surface area (Å²) in [6.45, 7) is 4.69. The molecule has 1 aromatic heterocycles. The average Bonchev–Trinajstić information content (AvgIpc) is 2.71. The van der Waals surface area contributed by atoms with Gasteiger partial charge in [0.25, 0.3) is 0 Å². The summed E-state index contributed by atoms with van der Waals surface area (Å²) in [5.74, 6) is 1.80. The van der Waals surface area contributed by atoms with E-state index in [0.29, 0.717) is 6.04 Å². The van der Waals surface area contributed by atoms with E-state index in [0.717, 1.165) is 11.8 Å². The van der Waals surface area contributed by atoms with Crippen LogP contribution in [0.3, 0.4) is 0 Å². The minimum absolute atomic E-state index is 0.667. The standard InChI is InChI=1S/C12H20N2/c1-10(2)11-4-6-12(7-5-11)14-9-3-8-13-14/h3,8-12H,4-7H2,1-2H3. The summed E-state index contributed by atoms with van der Waals surface area (Å²) in [6, 6.07) is 2.69. The second-order valence-corrected chi connectivity index (χ2v) is 4.80. The molecule has 1 saturated carbocycles. The van der Waals surface area contributed by atoms with Crippen LogP contribution in [0, 0.1) is 11.8 Å². The minimum atomic E-state index is 0.667. The van der Waals surface area contributed by atoms with Gasteiger partial charge in [-0.1, -0.05) is 13.8 Å². The molecule has 0 aromatic carbocycles. The highest BCUT2D eigenvalue weighted by Crippen LogP contribution is 2.35. The summed E-state index contributed by atoms with van der Waals surface area (Å²) >= 11 is 0. The number of aromatic nitrogens is 2. The fraction of sp³-hybridized carbons (Fsp3) is 0.750. The molecule has 0 N–H and O–H groups in total. The van der Waals surface area contributed by atoms with Crippen molar-refractivity contribution in [1.29, 1.82) is 0 Å². The van der Waals surface area contributed by atoms with E-state index in [9.17, 15) is 0 Å². The Morgan fingerprint density at radius 1 is 1.21 bits per heavy atom. The van der Waals surface area contributed by atoms with Crippen LogP contribution in [0.4, 0.5) is 0 Å². The van der Waals surface area contributed by atoms with Crippen molar-refractivity contribution in [2.75, 3.05) is 0 Å². The van der Waals surface area contributed by atoms with Crippen LogP contribution in [0.2, 0.25) is 0 Å². The first-order chi connectivity index (χ1) is 6.77. The Bertz CT molecular complexity index is 256. The SMILES string of the molecule is CC(C)C1CCC(n2cccn2)CC1. The number of hydrogen-bond donors (Lipinski definition) is 0. The lowest BCUT2D eigenvalue weighted by molar-refractivity contribution is 0.217. The third-order valence-electron chi connectivity index (χ3n) is 3.58. The van der Waals surface area contributed by atoms with Crippen LogP contribution in [0.5, 0.6) is 0 Å². The number of nitrogens with zero attached hydrogens (tertiary/aromatic N) is 2. The Labute approximate surface area is 86.3 Å². The first kappa shape index (κ1) is 9.75. The van der Waals surface area contributed by atoms with E-state index in [1.807, 2.05) is 12.3 Å². The lowest BCUT2D eigenvalue weighted by Crippen LogP contribution is -2.21. The minimum Gasteiger partial charge on any atom is -0.270 e. The van der Waals surface area contributed by atoms with Crippen molar-refractivity contribution in [3.8, 4) is 0 Å². The fourth-order valence-electron chi connectivity index (χ4n) is 2.53. The van der Waals surface area contributed by atoms with Crippen LogP contribution in [0.25, 0.3) is 0 Å². The van der Waals surface area contributed by atoms with E-state index in [4.69, 9.17) is 0 Å². The molecule has 0 aliphatic heterocycles. The summed E-state index contributed by atoms with van der Waals surface area (Å²) in [7, 11) is 0. The second-order valence-electron chi connectivity index (χ2n) is 4.80. The molecule has 78 valence electrons. The normalized spacial score (nSPS) is 28.2. The zero-order valence-corrected chi connectivity index (χ0v) is 9.19. The van der Waals surface area contributed by atoms with Crippen LogP contribution in [0.15, 0.2) is 18.5 Å². The third-order valence-corrected chi connectivity index (χ3v) is 3.58. The molecule has 1 heterocycles. The molecule has 1 aromatic rings. The van der Waals surface area contributed by atoms with Crippen molar-refractivity contribution >= 4 is 0 Å². The third kappa shape index (κ3) is 1.99. The first-order valence-corrected chi connectivity index (χ1v) is 5.76. The smallest absolute Gasteiger partial charge is 0.0519 e. The van der Waals surface area contributed by atoms with E-state index in [1.54, 1.807) is 0 Å². The number of hydrogen-bond acceptors (Lipinski definition) is 1. The predicted molar refractivity (Wildman–Crippen MR) is 58.1 cm³/mol. The molecule has 2 rings (SSSR count). The largest absolute Gasteiger partial charge is 0.270 e. The molecule has 2 nitrogen and oxygen atoms in total. The van der Waals surface area contributed by atoms with Gasteiger partial charge in [-0.25, -0.2) is 0 Å². The van der Waals surface area contributed by atoms with Gasteiger partial charge in [-0.15, -0.1) is 0 Å². The van der Waals surface area contributed by atoms with Gasteiger partial charge >= 0.3 is 0 Å². The van der Waals surface area contributed by atoms with Crippen LogP contribution in [-0.2, 0) is 0 Å². The Morgan fingerprint density at radius 2 is 1.93 bits per heavy atom. The maximum absolute atomic E-state index is 4.33. The highest BCUT2D eigenvalue weighted by Gasteiger charge is 2.23. The molecule has 14 heavy (non-hydrogen) atoms. The predicted octanol–water partition coefficient (Wildman–Crippen LogP) is 3.27. The van der Waals surface area contributed by atoms with Crippen molar-refractivity contribution in [3.63, 3.8) is 0 Å². The van der Waals surface area contributed by atoms with Gasteiger partial charge in [-0.2, -0.15) is 5.10 Å². The zero-order chi connectivity index (χ0) is 9.97. The summed E-state index contributed by atoms with van der Waals surface area (Å²) in [5, 5.41) is 4.33. The highest BCUT2D eigenvalue weighted by molar-refractivity contribution is 4.84. The van der Waals surface area contributed by atoms with Gasteiger partial charge in [-0.05, 0) is 43.6 Å². The molecule has 0 atom stereocenters. The van der Waals surface area contributed by atoms with Gasteiger partial charge < -0.3 is 0 Å². The second kappa shape index (κ2) is 4.16. The molecular weight excluding hydrogens is 172 g/mol. The van der Waals surface area contributed by atoms with E-state index < -0.39 is 0 Å². The molecule has 1 fully saturated rings. The summed E-state index contributed by atoms with van der Waals surface area (Å²) in [6.07, 6.45) is 9.36. The summed E-state index contributed by atoms with van der Waals surface area (Å²) < 4.78 is 2.14. The Balaban J connectivity index is 1.90. The Morgan fingerprint density at radius 3 is 2.43 bits per heavy atom.